The molecular formula is C25H29BrN2O12. The molecule has 0 N–H and O–H groups in total. The molecule has 0 unspecified atom stereocenters. The Morgan fingerprint density at radius 3 is 1.40 bits per heavy atom. The van der Waals surface area contributed by atoms with Crippen molar-refractivity contribution in [1.29, 1.82) is 0 Å². The maximum absolute atomic E-state index is 13.1. The number of nitro groups is 2. The molecule has 2 bridgehead atoms. The summed E-state index contributed by atoms with van der Waals surface area (Å²) < 4.78 is 39.6. The molecule has 40 heavy (non-hydrogen) atoms. The Balaban J connectivity index is 1.82. The van der Waals surface area contributed by atoms with Crippen molar-refractivity contribution in [2.24, 2.45) is 0 Å². The third-order valence-corrected chi connectivity index (χ3v) is 5.80. The van der Waals surface area contributed by atoms with E-state index >= 15 is 0 Å². The largest absolute Gasteiger partial charge is 0.422 e. The number of nitro benzene ring substituents is 2. The van der Waals surface area contributed by atoms with Gasteiger partial charge in [0.05, 0.1) is 101 Å². The number of carbonyl (C=O) groups is 1. The van der Waals surface area contributed by atoms with Crippen molar-refractivity contribution in [2.75, 3.05) is 66.1 Å². The molecule has 0 atom stereocenters. The van der Waals surface area contributed by atoms with E-state index < -0.39 is 27.2 Å². The monoisotopic (exact) mass is 628 g/mol. The molecule has 0 aliphatic carbocycles. The third kappa shape index (κ3) is 10.5. The minimum atomic E-state index is -1.02. The number of non-ortho nitro benzene ring substituents is 2. The number of benzene rings is 2. The number of hydrogen-bond donors (Lipinski definition) is 0. The van der Waals surface area contributed by atoms with Crippen LogP contribution in [-0.2, 0) is 41.6 Å². The molecule has 218 valence electrons. The normalized spacial score (nSPS) is 16.8. The Bertz CT molecular complexity index is 1090. The molecule has 1 aliphatic heterocycles. The zero-order chi connectivity index (χ0) is 28.7. The van der Waals surface area contributed by atoms with E-state index in [-0.39, 0.29) is 37.7 Å². The van der Waals surface area contributed by atoms with Crippen LogP contribution in [0.5, 0.6) is 5.75 Å². The predicted octanol–water partition coefficient (Wildman–Crippen LogP) is 3.60. The molecule has 0 aromatic heterocycles. The van der Waals surface area contributed by atoms with Crippen molar-refractivity contribution in [3.05, 3.63) is 71.7 Å². The topological polar surface area (TPSA) is 168 Å². The van der Waals surface area contributed by atoms with Crippen LogP contribution in [0, 0.1) is 20.2 Å². The first-order chi connectivity index (χ1) is 19.3. The van der Waals surface area contributed by atoms with Crippen molar-refractivity contribution >= 4 is 33.3 Å². The Labute approximate surface area is 237 Å². The van der Waals surface area contributed by atoms with Crippen LogP contribution in [0.1, 0.15) is 21.5 Å². The summed E-state index contributed by atoms with van der Waals surface area (Å²) in [4.78, 5) is 34.0. The zero-order valence-corrected chi connectivity index (χ0v) is 23.1. The fourth-order valence-corrected chi connectivity index (χ4v) is 4.05. The molecule has 15 heteroatoms. The molecule has 0 radical (unpaired) electrons. The minimum Gasteiger partial charge on any atom is -0.422 e. The average Bonchev–Trinajstić information content (AvgIpc) is 2.92. The van der Waals surface area contributed by atoms with Crippen LogP contribution in [-0.4, -0.2) is 81.9 Å². The maximum Gasteiger partial charge on any atom is 0.344 e. The summed E-state index contributed by atoms with van der Waals surface area (Å²) in [6.45, 7) is 3.59. The number of nitrogens with zero attached hydrogens (tertiary/aromatic N) is 2. The van der Waals surface area contributed by atoms with E-state index in [1.54, 1.807) is 12.1 Å². The van der Waals surface area contributed by atoms with Gasteiger partial charge in [0.25, 0.3) is 11.4 Å². The molecule has 0 amide bonds. The Hall–Kier alpha value is -3.05. The van der Waals surface area contributed by atoms with Crippen molar-refractivity contribution in [3.63, 3.8) is 0 Å². The van der Waals surface area contributed by atoms with Gasteiger partial charge in [-0.25, -0.2) is 4.79 Å². The highest BCUT2D eigenvalue weighted by Gasteiger charge is 2.23. The van der Waals surface area contributed by atoms with Crippen LogP contribution < -0.4 is 4.74 Å². The average molecular weight is 629 g/mol. The smallest absolute Gasteiger partial charge is 0.344 e. The summed E-state index contributed by atoms with van der Waals surface area (Å²) in [6, 6.07) is 5.98. The highest BCUT2D eigenvalue weighted by molar-refractivity contribution is 9.10. The number of carbonyl (C=O) groups excluding carboxylic acids is 1. The number of halogens is 1. The summed E-state index contributed by atoms with van der Waals surface area (Å²) >= 11 is 3.44. The molecular weight excluding hydrogens is 600 g/mol. The molecule has 1 aliphatic rings. The SMILES string of the molecule is O=C(Oc1c2cc(Br)cc1COCCOCCOCCOCCOCCOC2)c1cc([N+](=O)[O-])cc([N+](=O)[O-])c1. The van der Waals surface area contributed by atoms with E-state index in [1.165, 1.54) is 0 Å². The van der Waals surface area contributed by atoms with Crippen molar-refractivity contribution in [2.45, 2.75) is 13.2 Å². The van der Waals surface area contributed by atoms with Gasteiger partial charge < -0.3 is 33.2 Å². The van der Waals surface area contributed by atoms with E-state index in [1.807, 2.05) is 0 Å². The lowest BCUT2D eigenvalue weighted by molar-refractivity contribution is -0.394. The van der Waals surface area contributed by atoms with Crippen LogP contribution in [0.2, 0.25) is 0 Å². The van der Waals surface area contributed by atoms with Gasteiger partial charge in [-0.05, 0) is 12.1 Å². The van der Waals surface area contributed by atoms with E-state index in [0.29, 0.717) is 68.5 Å². The van der Waals surface area contributed by atoms with Gasteiger partial charge in [-0.15, -0.1) is 0 Å². The Kier molecular flexibility index (Phi) is 13.3. The van der Waals surface area contributed by atoms with Gasteiger partial charge >= 0.3 is 5.97 Å². The van der Waals surface area contributed by atoms with Crippen LogP contribution in [0.15, 0.2) is 34.8 Å². The van der Waals surface area contributed by atoms with Crippen LogP contribution in [0.3, 0.4) is 0 Å². The summed E-state index contributed by atoms with van der Waals surface area (Å²) in [6.07, 6.45) is 0. The maximum atomic E-state index is 13.1. The Morgan fingerprint density at radius 1 is 0.650 bits per heavy atom. The lowest BCUT2D eigenvalue weighted by atomic mass is 10.1. The quantitative estimate of drug-likeness (QED) is 0.209. The van der Waals surface area contributed by atoms with Gasteiger partial charge in [0, 0.05) is 27.7 Å². The number of ether oxygens (including phenoxy) is 7. The molecule has 0 saturated carbocycles. The number of fused-ring (bicyclic) bond motifs is 2. The highest BCUT2D eigenvalue weighted by atomic mass is 79.9. The number of rotatable bonds is 4. The van der Waals surface area contributed by atoms with Gasteiger partial charge in [0.2, 0.25) is 0 Å². The summed E-state index contributed by atoms with van der Waals surface area (Å²) in [7, 11) is 0. The molecule has 0 spiro atoms. The summed E-state index contributed by atoms with van der Waals surface area (Å²) in [5.74, 6) is -0.911. The van der Waals surface area contributed by atoms with Crippen molar-refractivity contribution in [1.82, 2.24) is 0 Å². The highest BCUT2D eigenvalue weighted by Crippen LogP contribution is 2.32. The first-order valence-corrected chi connectivity index (χ1v) is 13.1. The number of esters is 1. The molecule has 2 aromatic rings. The molecule has 0 fully saturated rings. The molecule has 1 heterocycles. The minimum absolute atomic E-state index is 0.0322. The second-order valence-electron chi connectivity index (χ2n) is 8.25. The van der Waals surface area contributed by atoms with Gasteiger partial charge in [0.15, 0.2) is 0 Å². The lowest BCUT2D eigenvalue weighted by Crippen LogP contribution is -2.14. The number of hydrogen-bond acceptors (Lipinski definition) is 12. The van der Waals surface area contributed by atoms with E-state index in [2.05, 4.69) is 15.9 Å². The molecule has 2 aromatic carbocycles. The summed E-state index contributed by atoms with van der Waals surface area (Å²) in [5.41, 5.74) is -0.635. The fourth-order valence-electron chi connectivity index (χ4n) is 3.49. The molecule has 14 nitrogen and oxygen atoms in total. The predicted molar refractivity (Wildman–Crippen MR) is 141 cm³/mol. The van der Waals surface area contributed by atoms with Crippen LogP contribution in [0.25, 0.3) is 0 Å². The van der Waals surface area contributed by atoms with Gasteiger partial charge in [-0.2, -0.15) is 0 Å². The van der Waals surface area contributed by atoms with Crippen LogP contribution in [0.4, 0.5) is 11.4 Å². The zero-order valence-electron chi connectivity index (χ0n) is 21.5. The second kappa shape index (κ2) is 16.9. The van der Waals surface area contributed by atoms with Gasteiger partial charge in [-0.1, -0.05) is 15.9 Å². The van der Waals surface area contributed by atoms with E-state index in [4.69, 9.17) is 33.2 Å². The van der Waals surface area contributed by atoms with Crippen molar-refractivity contribution < 1.29 is 47.8 Å². The summed E-state index contributed by atoms with van der Waals surface area (Å²) in [5, 5.41) is 22.6. The molecule has 3 rings (SSSR count). The first-order valence-electron chi connectivity index (χ1n) is 12.3. The third-order valence-electron chi connectivity index (χ3n) is 5.34. The molecule has 0 saturated heterocycles. The standard InChI is InChI=1S/C25H29BrN2O12/c26-21-11-19-16-38-9-7-36-5-3-34-1-2-35-4-6-37-8-10-39-17-20(12-21)24(19)40-25(29)18-13-22(27(30)31)15-23(14-18)28(32)33/h11-15H,1-10,16-17H2. The first kappa shape index (κ1) is 31.5. The van der Waals surface area contributed by atoms with E-state index in [0.717, 1.165) is 18.2 Å². The van der Waals surface area contributed by atoms with Crippen LogP contribution >= 0.6 is 15.9 Å². The van der Waals surface area contributed by atoms with Gasteiger partial charge in [0.1, 0.15) is 5.75 Å². The van der Waals surface area contributed by atoms with Crippen molar-refractivity contribution in [3.8, 4) is 5.75 Å². The fraction of sp³-hybridized carbons (Fsp3) is 0.480. The Morgan fingerprint density at radius 2 is 1.02 bits per heavy atom. The second-order valence-corrected chi connectivity index (χ2v) is 9.17. The van der Waals surface area contributed by atoms with Gasteiger partial charge in [-0.3, -0.25) is 20.2 Å². The van der Waals surface area contributed by atoms with E-state index in [9.17, 15) is 25.0 Å². The lowest BCUT2D eigenvalue weighted by Gasteiger charge is -2.16.